The van der Waals surface area contributed by atoms with Crippen LogP contribution in [0.5, 0.6) is 0 Å². The van der Waals surface area contributed by atoms with E-state index >= 15 is 0 Å². The van der Waals surface area contributed by atoms with Gasteiger partial charge in [0.15, 0.2) is 0 Å². The van der Waals surface area contributed by atoms with Gasteiger partial charge in [0.1, 0.15) is 0 Å². The van der Waals surface area contributed by atoms with Crippen molar-refractivity contribution in [1.29, 1.82) is 0 Å². The Labute approximate surface area is 421 Å². The number of aryl methyl sites for hydroxylation is 1. The smallest absolute Gasteiger partial charge is 0.0465 e. The van der Waals surface area contributed by atoms with Gasteiger partial charge in [0.2, 0.25) is 0 Å². The van der Waals surface area contributed by atoms with Crippen molar-refractivity contribution in [3.63, 3.8) is 0 Å². The Morgan fingerprint density at radius 3 is 1.55 bits per heavy atom. The van der Waals surface area contributed by atoms with E-state index in [9.17, 15) is 0 Å². The summed E-state index contributed by atoms with van der Waals surface area (Å²) in [6.07, 6.45) is 11.0. The van der Waals surface area contributed by atoms with Gasteiger partial charge in [-0.25, -0.2) is 0 Å². The molecular weight excluding hydrogens is 855 g/mol. The van der Waals surface area contributed by atoms with Crippen LogP contribution >= 0.6 is 0 Å². The topological polar surface area (TPSA) is 3.24 Å². The zero-order valence-corrected chi connectivity index (χ0v) is 42.3. The normalized spacial score (nSPS) is 14.1. The summed E-state index contributed by atoms with van der Waals surface area (Å²) in [5, 5.41) is 0. The average Bonchev–Trinajstić information content (AvgIpc) is 3.78. The number of allylic oxidation sites excluding steroid dienone is 5. The minimum Gasteiger partial charge on any atom is -0.310 e. The van der Waals surface area contributed by atoms with E-state index < -0.39 is 0 Å². The third kappa shape index (κ3) is 7.91. The number of nitrogens with zero attached hydrogens (tertiary/aromatic N) is 1. The molecular formula is C70H61N. The molecule has 0 fully saturated rings. The highest BCUT2D eigenvalue weighted by Crippen LogP contribution is 2.53. The van der Waals surface area contributed by atoms with Crippen LogP contribution in [-0.2, 0) is 10.8 Å². The van der Waals surface area contributed by atoms with Crippen LogP contribution in [0.4, 0.5) is 17.1 Å². The molecule has 1 heteroatoms. The first-order chi connectivity index (χ1) is 34.4. The lowest BCUT2D eigenvalue weighted by Gasteiger charge is -2.28. The van der Waals surface area contributed by atoms with Crippen molar-refractivity contribution in [2.75, 3.05) is 4.90 Å². The molecule has 0 aromatic heterocycles. The molecule has 346 valence electrons. The summed E-state index contributed by atoms with van der Waals surface area (Å²) in [6.45, 7) is 18.3. The van der Waals surface area contributed by atoms with Gasteiger partial charge in [-0.1, -0.05) is 204 Å². The van der Waals surface area contributed by atoms with Crippen molar-refractivity contribution in [3.8, 4) is 66.8 Å². The van der Waals surface area contributed by atoms with Crippen LogP contribution in [0.25, 0.3) is 72.8 Å². The second kappa shape index (κ2) is 18.1. The minimum absolute atomic E-state index is 0.0760. The molecule has 0 saturated heterocycles. The Kier molecular flexibility index (Phi) is 11.6. The molecule has 71 heavy (non-hydrogen) atoms. The highest BCUT2D eigenvalue weighted by Gasteiger charge is 2.37. The van der Waals surface area contributed by atoms with E-state index in [1.807, 2.05) is 0 Å². The maximum absolute atomic E-state index is 2.47. The van der Waals surface area contributed by atoms with Crippen LogP contribution in [0.15, 0.2) is 224 Å². The van der Waals surface area contributed by atoms with Gasteiger partial charge < -0.3 is 4.90 Å². The average molecular weight is 916 g/mol. The Morgan fingerprint density at radius 2 is 0.873 bits per heavy atom. The number of hydrogen-bond donors (Lipinski definition) is 0. The third-order valence-electron chi connectivity index (χ3n) is 15.7. The summed E-state index contributed by atoms with van der Waals surface area (Å²) in [7, 11) is 0. The maximum atomic E-state index is 2.47. The summed E-state index contributed by atoms with van der Waals surface area (Å²) in [5.74, 6) is 0. The molecule has 0 saturated carbocycles. The third-order valence-corrected chi connectivity index (χ3v) is 15.7. The molecule has 1 nitrogen and oxygen atoms in total. The number of hydrogen-bond acceptors (Lipinski definition) is 1. The van der Waals surface area contributed by atoms with E-state index in [0.29, 0.717) is 0 Å². The van der Waals surface area contributed by atoms with Gasteiger partial charge in [-0.15, -0.1) is 0 Å². The summed E-state index contributed by atoms with van der Waals surface area (Å²) >= 11 is 0. The molecule has 0 radical (unpaired) electrons. The molecule has 2 aliphatic rings. The molecule has 0 bridgehead atoms. The number of anilines is 3. The van der Waals surface area contributed by atoms with Crippen molar-refractivity contribution >= 4 is 23.1 Å². The van der Waals surface area contributed by atoms with Crippen molar-refractivity contribution < 1.29 is 0 Å². The first-order valence-electron chi connectivity index (χ1n) is 25.2. The van der Waals surface area contributed by atoms with E-state index in [1.54, 1.807) is 0 Å². The lowest BCUT2D eigenvalue weighted by molar-refractivity contribution is 0.655. The van der Waals surface area contributed by atoms with E-state index in [1.165, 1.54) is 111 Å². The molecule has 9 aromatic rings. The van der Waals surface area contributed by atoms with Gasteiger partial charge in [-0.2, -0.15) is 0 Å². The number of rotatable bonds is 10. The second-order valence-electron chi connectivity index (χ2n) is 20.6. The van der Waals surface area contributed by atoms with Crippen LogP contribution in [0, 0.1) is 20.8 Å². The maximum Gasteiger partial charge on any atom is 0.0465 e. The molecule has 0 heterocycles. The molecule has 0 aliphatic heterocycles. The summed E-state index contributed by atoms with van der Waals surface area (Å²) in [4.78, 5) is 2.43. The molecule has 0 atom stereocenters. The fraction of sp³-hybridized carbons (Fsp3) is 0.143. The Hall–Kier alpha value is -8.00. The van der Waals surface area contributed by atoms with Gasteiger partial charge in [-0.05, 0) is 188 Å². The SMILES string of the molecule is C/C=C\C=C/C1=Cc2c(-c3ccc(N(c4ccc(-c5ccccc5)cc4)c4ccc5c(c4)C(C)(C)c4cc(-c6cccc(-c7cccc(-c8ccccc8C)c7C)c6C)ccc4-5)cc3)cccc2C1(C)C. The quantitative estimate of drug-likeness (QED) is 0.124. The van der Waals surface area contributed by atoms with Crippen molar-refractivity contribution in [2.45, 2.75) is 66.2 Å². The van der Waals surface area contributed by atoms with Crippen molar-refractivity contribution in [3.05, 3.63) is 263 Å². The molecule has 11 rings (SSSR count). The fourth-order valence-corrected chi connectivity index (χ4v) is 11.6. The molecule has 0 amide bonds. The van der Waals surface area contributed by atoms with Crippen molar-refractivity contribution in [1.82, 2.24) is 0 Å². The number of benzene rings is 9. The molecule has 9 aromatic carbocycles. The minimum atomic E-state index is -0.233. The van der Waals surface area contributed by atoms with Crippen LogP contribution in [0.2, 0.25) is 0 Å². The monoisotopic (exact) mass is 915 g/mol. The summed E-state index contributed by atoms with van der Waals surface area (Å²) in [6, 6.07) is 72.3. The predicted molar refractivity (Wildman–Crippen MR) is 305 cm³/mol. The highest BCUT2D eigenvalue weighted by molar-refractivity contribution is 5.91. The van der Waals surface area contributed by atoms with E-state index in [0.717, 1.165) is 17.1 Å². The van der Waals surface area contributed by atoms with Crippen LogP contribution in [-0.4, -0.2) is 0 Å². The Balaban J connectivity index is 0.960. The van der Waals surface area contributed by atoms with E-state index in [2.05, 4.69) is 285 Å². The standard InChI is InChI=1S/C70H61N/c1-9-10-12-23-53-44-65-62(29-19-30-66(65)69(53,5)6)51-33-38-55(39-34-51)71(54-36-31-50(32-37-54)49-21-13-11-14-22-49)56-40-42-64-63-41-35-52(43-67(63)70(7,8)68(64)45-56)58-25-17-27-60(47(58)3)61-28-18-26-59(48(61)4)57-24-16-15-20-46(57)2/h9-45H,1-8H3/b10-9-,23-12-. The van der Waals surface area contributed by atoms with Crippen LogP contribution in [0.1, 0.15) is 73.6 Å². The van der Waals surface area contributed by atoms with Gasteiger partial charge in [0.25, 0.3) is 0 Å². The lowest BCUT2D eigenvalue weighted by Crippen LogP contribution is -2.16. The van der Waals surface area contributed by atoms with Crippen LogP contribution < -0.4 is 4.90 Å². The van der Waals surface area contributed by atoms with Gasteiger partial charge in [0, 0.05) is 27.9 Å². The first kappa shape index (κ1) is 45.4. The Bertz CT molecular complexity index is 3590. The summed E-state index contributed by atoms with van der Waals surface area (Å²) < 4.78 is 0. The second-order valence-corrected chi connectivity index (χ2v) is 20.6. The lowest BCUT2D eigenvalue weighted by atomic mass is 9.80. The van der Waals surface area contributed by atoms with E-state index in [4.69, 9.17) is 0 Å². The van der Waals surface area contributed by atoms with Gasteiger partial charge in [-0.3, -0.25) is 0 Å². The van der Waals surface area contributed by atoms with Gasteiger partial charge >= 0.3 is 0 Å². The molecule has 2 aliphatic carbocycles. The largest absolute Gasteiger partial charge is 0.310 e. The predicted octanol–water partition coefficient (Wildman–Crippen LogP) is 19.5. The zero-order chi connectivity index (χ0) is 49.0. The number of fused-ring (bicyclic) bond motifs is 4. The highest BCUT2D eigenvalue weighted by atomic mass is 15.1. The zero-order valence-electron chi connectivity index (χ0n) is 42.3. The van der Waals surface area contributed by atoms with Gasteiger partial charge in [0.05, 0.1) is 0 Å². The van der Waals surface area contributed by atoms with Crippen LogP contribution in [0.3, 0.4) is 0 Å². The fourth-order valence-electron chi connectivity index (χ4n) is 11.6. The van der Waals surface area contributed by atoms with E-state index in [-0.39, 0.29) is 10.8 Å². The Morgan fingerprint density at radius 1 is 0.366 bits per heavy atom. The molecule has 0 spiro atoms. The first-order valence-corrected chi connectivity index (χ1v) is 25.2. The molecule has 0 unspecified atom stereocenters. The summed E-state index contributed by atoms with van der Waals surface area (Å²) in [5.41, 5.74) is 28.8. The van der Waals surface area contributed by atoms with Crippen molar-refractivity contribution in [2.24, 2.45) is 0 Å². The molecule has 0 N–H and O–H groups in total.